The van der Waals surface area contributed by atoms with Gasteiger partial charge in [0.25, 0.3) is 0 Å². The molecule has 0 saturated heterocycles. The molecule has 0 aromatic carbocycles. The topological polar surface area (TPSA) is 25.8 Å². The van der Waals surface area contributed by atoms with Crippen molar-refractivity contribution in [1.82, 2.24) is 9.97 Å². The Balaban J connectivity index is 1.87. The minimum absolute atomic E-state index is 0.499. The molecule has 1 atom stereocenters. The number of aryl methyl sites for hydroxylation is 1. The van der Waals surface area contributed by atoms with Gasteiger partial charge in [-0.25, -0.2) is 0 Å². The molecular weight excluding hydrogens is 280 g/mol. The number of nitrogens with zero attached hydrogens (tertiary/aromatic N) is 2. The van der Waals surface area contributed by atoms with Gasteiger partial charge in [-0.3, -0.25) is 9.97 Å². The van der Waals surface area contributed by atoms with E-state index in [1.54, 1.807) is 0 Å². The van der Waals surface area contributed by atoms with Gasteiger partial charge in [0.15, 0.2) is 0 Å². The van der Waals surface area contributed by atoms with Gasteiger partial charge < -0.3 is 0 Å². The molecule has 2 nitrogen and oxygen atoms in total. The smallest absolute Gasteiger partial charge is 0.0431 e. The zero-order chi connectivity index (χ0) is 16.8. The number of hydrogen-bond acceptors (Lipinski definition) is 2. The second-order valence-electron chi connectivity index (χ2n) is 7.21. The third-order valence-electron chi connectivity index (χ3n) is 4.51. The van der Waals surface area contributed by atoms with Gasteiger partial charge in [0.2, 0.25) is 0 Å². The molecule has 2 aromatic heterocycles. The van der Waals surface area contributed by atoms with E-state index in [9.17, 15) is 0 Å². The van der Waals surface area contributed by atoms with Crippen molar-refractivity contribution in [3.8, 4) is 0 Å². The predicted octanol–water partition coefficient (Wildman–Crippen LogP) is 5.85. The van der Waals surface area contributed by atoms with Gasteiger partial charge in [0.1, 0.15) is 0 Å². The molecule has 0 aliphatic rings. The van der Waals surface area contributed by atoms with E-state index in [-0.39, 0.29) is 0 Å². The summed E-state index contributed by atoms with van der Waals surface area (Å²) in [6.07, 6.45) is 7.53. The van der Waals surface area contributed by atoms with Crippen LogP contribution >= 0.6 is 0 Å². The molecule has 23 heavy (non-hydrogen) atoms. The highest BCUT2D eigenvalue weighted by Gasteiger charge is 2.08. The Morgan fingerprint density at radius 2 is 1.61 bits per heavy atom. The normalized spacial score (nSPS) is 12.8. The lowest BCUT2D eigenvalue weighted by atomic mass is 9.94. The molecular formula is C21H30N2. The fourth-order valence-corrected chi connectivity index (χ4v) is 2.79. The highest BCUT2D eigenvalue weighted by molar-refractivity contribution is 5.20. The molecule has 0 saturated carbocycles. The Bertz CT molecular complexity index is 599. The van der Waals surface area contributed by atoms with Crippen molar-refractivity contribution >= 4 is 0 Å². The Labute approximate surface area is 141 Å². The Morgan fingerprint density at radius 1 is 0.870 bits per heavy atom. The van der Waals surface area contributed by atoms with E-state index < -0.39 is 0 Å². The molecule has 0 radical (unpaired) electrons. The summed E-state index contributed by atoms with van der Waals surface area (Å²) in [5, 5.41) is 0. The van der Waals surface area contributed by atoms with Crippen LogP contribution < -0.4 is 0 Å². The van der Waals surface area contributed by atoms with Crippen LogP contribution in [0.5, 0.6) is 0 Å². The van der Waals surface area contributed by atoms with Crippen LogP contribution in [0.25, 0.3) is 0 Å². The number of pyridine rings is 2. The van der Waals surface area contributed by atoms with Crippen molar-refractivity contribution < 1.29 is 0 Å². The quantitative estimate of drug-likeness (QED) is 0.641. The van der Waals surface area contributed by atoms with Crippen LogP contribution in [0.4, 0.5) is 0 Å². The second-order valence-corrected chi connectivity index (χ2v) is 7.21. The second kappa shape index (κ2) is 8.24. The fourth-order valence-electron chi connectivity index (χ4n) is 2.79. The van der Waals surface area contributed by atoms with E-state index in [0.717, 1.165) is 6.42 Å². The molecule has 2 rings (SSSR count). The van der Waals surface area contributed by atoms with Crippen LogP contribution in [0.1, 0.15) is 87.7 Å². The zero-order valence-electron chi connectivity index (χ0n) is 15.2. The van der Waals surface area contributed by atoms with E-state index >= 15 is 0 Å². The standard InChI is InChI=1S/C21H30N2/c1-15(2)20-10-9-19(14-23-20)17(5)7-6-8-18-11-12-22-21(13-18)16(3)4/h9-17H,6-8H2,1-5H3. The highest BCUT2D eigenvalue weighted by atomic mass is 14.7. The van der Waals surface area contributed by atoms with E-state index in [4.69, 9.17) is 0 Å². The maximum absolute atomic E-state index is 4.59. The van der Waals surface area contributed by atoms with Gasteiger partial charge in [-0.15, -0.1) is 0 Å². The van der Waals surface area contributed by atoms with E-state index in [2.05, 4.69) is 75.0 Å². The summed E-state index contributed by atoms with van der Waals surface area (Å²) in [5.74, 6) is 1.57. The molecule has 0 aliphatic heterocycles. The molecule has 0 N–H and O–H groups in total. The van der Waals surface area contributed by atoms with Crippen LogP contribution in [0, 0.1) is 0 Å². The summed E-state index contributed by atoms with van der Waals surface area (Å²) in [4.78, 5) is 9.03. The van der Waals surface area contributed by atoms with Crippen LogP contribution in [0.2, 0.25) is 0 Å². The molecule has 0 aliphatic carbocycles. The lowest BCUT2D eigenvalue weighted by Crippen LogP contribution is -1.99. The summed E-state index contributed by atoms with van der Waals surface area (Å²) in [5.41, 5.74) is 5.14. The SMILES string of the molecule is CC(C)c1ccc(C(C)CCCc2ccnc(C(C)C)c2)cn1. The average molecular weight is 310 g/mol. The van der Waals surface area contributed by atoms with Crippen molar-refractivity contribution in [3.05, 3.63) is 59.2 Å². The summed E-state index contributed by atoms with van der Waals surface area (Å²) in [6.45, 7) is 11.1. The molecule has 2 heterocycles. The lowest BCUT2D eigenvalue weighted by molar-refractivity contribution is 0.629. The fraction of sp³-hybridized carbons (Fsp3) is 0.524. The first kappa shape index (κ1) is 17.7. The first-order valence-electron chi connectivity index (χ1n) is 8.88. The van der Waals surface area contributed by atoms with Gasteiger partial charge in [-0.1, -0.05) is 40.7 Å². The van der Waals surface area contributed by atoms with Crippen LogP contribution in [0.3, 0.4) is 0 Å². The van der Waals surface area contributed by atoms with E-state index in [1.807, 2.05) is 6.20 Å². The number of aromatic nitrogens is 2. The van der Waals surface area contributed by atoms with Gasteiger partial charge >= 0.3 is 0 Å². The van der Waals surface area contributed by atoms with Crippen molar-refractivity contribution in [2.75, 3.05) is 0 Å². The molecule has 2 heteroatoms. The van der Waals surface area contributed by atoms with Crippen molar-refractivity contribution in [2.45, 2.75) is 71.6 Å². The van der Waals surface area contributed by atoms with Gasteiger partial charge in [0.05, 0.1) is 0 Å². The molecule has 0 spiro atoms. The molecule has 2 aromatic rings. The lowest BCUT2D eigenvalue weighted by Gasteiger charge is -2.13. The first-order valence-corrected chi connectivity index (χ1v) is 8.88. The van der Waals surface area contributed by atoms with Crippen molar-refractivity contribution in [1.29, 1.82) is 0 Å². The van der Waals surface area contributed by atoms with Gasteiger partial charge in [-0.2, -0.15) is 0 Å². The van der Waals surface area contributed by atoms with Crippen LogP contribution in [-0.4, -0.2) is 9.97 Å². The summed E-state index contributed by atoms with van der Waals surface area (Å²) in [7, 11) is 0. The average Bonchev–Trinajstić information content (AvgIpc) is 2.55. The van der Waals surface area contributed by atoms with Crippen LogP contribution in [0.15, 0.2) is 36.7 Å². The third kappa shape index (κ3) is 5.16. The molecule has 0 bridgehead atoms. The van der Waals surface area contributed by atoms with Crippen molar-refractivity contribution in [3.63, 3.8) is 0 Å². The summed E-state index contributed by atoms with van der Waals surface area (Å²) < 4.78 is 0. The van der Waals surface area contributed by atoms with E-state index in [0.29, 0.717) is 17.8 Å². The molecule has 0 amide bonds. The first-order chi connectivity index (χ1) is 11.0. The van der Waals surface area contributed by atoms with Gasteiger partial charge in [-0.05, 0) is 66.3 Å². The largest absolute Gasteiger partial charge is 0.261 e. The number of hydrogen-bond donors (Lipinski definition) is 0. The monoisotopic (exact) mass is 310 g/mol. The Morgan fingerprint density at radius 3 is 2.22 bits per heavy atom. The summed E-state index contributed by atoms with van der Waals surface area (Å²) in [6, 6.07) is 8.83. The van der Waals surface area contributed by atoms with Crippen LogP contribution in [-0.2, 0) is 6.42 Å². The predicted molar refractivity (Wildman–Crippen MR) is 98.0 cm³/mol. The molecule has 124 valence electrons. The molecule has 0 fully saturated rings. The van der Waals surface area contributed by atoms with E-state index in [1.165, 1.54) is 35.4 Å². The highest BCUT2D eigenvalue weighted by Crippen LogP contribution is 2.23. The number of rotatable bonds is 7. The Hall–Kier alpha value is -1.70. The summed E-state index contributed by atoms with van der Waals surface area (Å²) >= 11 is 0. The minimum Gasteiger partial charge on any atom is -0.261 e. The minimum atomic E-state index is 0.499. The Kier molecular flexibility index (Phi) is 6.32. The maximum atomic E-state index is 4.59. The zero-order valence-corrected chi connectivity index (χ0v) is 15.2. The van der Waals surface area contributed by atoms with Gasteiger partial charge in [0, 0.05) is 23.8 Å². The third-order valence-corrected chi connectivity index (χ3v) is 4.51. The van der Waals surface area contributed by atoms with Crippen molar-refractivity contribution in [2.24, 2.45) is 0 Å². The molecule has 1 unspecified atom stereocenters. The maximum Gasteiger partial charge on any atom is 0.0431 e.